The molecule has 0 bridgehead atoms. The lowest BCUT2D eigenvalue weighted by molar-refractivity contribution is 0.252. The van der Waals surface area contributed by atoms with E-state index in [2.05, 4.69) is 5.32 Å². The van der Waals surface area contributed by atoms with Crippen LogP contribution in [0.3, 0.4) is 0 Å². The predicted molar refractivity (Wildman–Crippen MR) is 84.9 cm³/mol. The number of aryl methyl sites for hydroxylation is 1. The van der Waals surface area contributed by atoms with Crippen LogP contribution in [-0.4, -0.2) is 19.1 Å². The highest BCUT2D eigenvalue weighted by Gasteiger charge is 2.20. The zero-order valence-corrected chi connectivity index (χ0v) is 12.5. The van der Waals surface area contributed by atoms with Gasteiger partial charge in [0.15, 0.2) is 0 Å². The third-order valence-electron chi connectivity index (χ3n) is 3.26. The topological polar surface area (TPSA) is 41.6 Å². The van der Waals surface area contributed by atoms with Crippen molar-refractivity contribution in [2.24, 2.45) is 0 Å². The third-order valence-corrected chi connectivity index (χ3v) is 4.00. The van der Waals surface area contributed by atoms with Gasteiger partial charge in [0, 0.05) is 23.7 Å². The van der Waals surface area contributed by atoms with E-state index < -0.39 is 0 Å². The first-order valence-corrected chi connectivity index (χ1v) is 7.53. The Bertz CT molecular complexity index is 626. The van der Waals surface area contributed by atoms with Gasteiger partial charge in [0.05, 0.1) is 12.0 Å². The number of rotatable bonds is 4. The highest BCUT2D eigenvalue weighted by atomic mass is 32.2. The fourth-order valence-corrected chi connectivity index (χ4v) is 2.64. The highest BCUT2D eigenvalue weighted by Crippen LogP contribution is 2.26. The Morgan fingerprint density at radius 2 is 1.81 bits per heavy atom. The monoisotopic (exact) mass is 300 g/mol. The normalized spacial score (nSPS) is 14.1. The third kappa shape index (κ3) is 3.31. The number of urea groups is 1. The molecule has 2 amide bonds. The number of hydrogen-bond donors (Lipinski definition) is 1. The highest BCUT2D eigenvalue weighted by molar-refractivity contribution is 7.95. The molecule has 2 aromatic carbocycles. The van der Waals surface area contributed by atoms with Gasteiger partial charge < -0.3 is 9.50 Å². The predicted octanol–water partition coefficient (Wildman–Crippen LogP) is 3.61. The minimum Gasteiger partial charge on any atom is -0.421 e. The van der Waals surface area contributed by atoms with E-state index >= 15 is 0 Å². The summed E-state index contributed by atoms with van der Waals surface area (Å²) < 4.78 is 5.66. The first-order chi connectivity index (χ1) is 10.2. The number of benzene rings is 2. The molecule has 0 saturated carbocycles. The van der Waals surface area contributed by atoms with Crippen LogP contribution in [-0.2, 0) is 0 Å². The number of carbonyl (C=O) groups is 1. The molecule has 0 spiro atoms. The zero-order valence-electron chi connectivity index (χ0n) is 11.7. The average molecular weight is 300 g/mol. The fourth-order valence-electron chi connectivity index (χ4n) is 2.09. The molecule has 3 rings (SSSR count). The number of hydrogen-bond acceptors (Lipinski definition) is 3. The van der Waals surface area contributed by atoms with Crippen molar-refractivity contribution >= 4 is 23.8 Å². The molecule has 0 radical (unpaired) electrons. The summed E-state index contributed by atoms with van der Waals surface area (Å²) in [5.41, 5.74) is 2.12. The molecule has 1 fully saturated rings. The van der Waals surface area contributed by atoms with Gasteiger partial charge in [-0.1, -0.05) is 17.7 Å². The van der Waals surface area contributed by atoms with E-state index in [1.54, 1.807) is 4.90 Å². The molecule has 0 aliphatic carbocycles. The molecule has 1 N–H and O–H groups in total. The SMILES string of the molecule is Cc1ccc(OSc2ccc(N3CCNC3=O)cc2)cc1. The van der Waals surface area contributed by atoms with Gasteiger partial charge in [-0.25, -0.2) is 4.79 Å². The summed E-state index contributed by atoms with van der Waals surface area (Å²) in [6.45, 7) is 3.46. The maximum atomic E-state index is 11.6. The van der Waals surface area contributed by atoms with Crippen molar-refractivity contribution in [2.45, 2.75) is 11.8 Å². The van der Waals surface area contributed by atoms with Crippen molar-refractivity contribution in [3.05, 3.63) is 54.1 Å². The van der Waals surface area contributed by atoms with Crippen LogP contribution in [0.2, 0.25) is 0 Å². The van der Waals surface area contributed by atoms with Gasteiger partial charge in [0.2, 0.25) is 0 Å². The summed E-state index contributed by atoms with van der Waals surface area (Å²) in [5, 5.41) is 2.79. The molecule has 1 heterocycles. The van der Waals surface area contributed by atoms with Crippen molar-refractivity contribution in [3.8, 4) is 5.75 Å². The minimum atomic E-state index is -0.0358. The second-order valence-corrected chi connectivity index (χ2v) is 5.66. The minimum absolute atomic E-state index is 0.0358. The van der Waals surface area contributed by atoms with Crippen LogP contribution in [0.25, 0.3) is 0 Å². The lowest BCUT2D eigenvalue weighted by atomic mass is 10.2. The van der Waals surface area contributed by atoms with Crippen molar-refractivity contribution in [3.63, 3.8) is 0 Å². The van der Waals surface area contributed by atoms with Crippen LogP contribution in [0.5, 0.6) is 5.75 Å². The summed E-state index contributed by atoms with van der Waals surface area (Å²) in [6.07, 6.45) is 0. The lowest BCUT2D eigenvalue weighted by Crippen LogP contribution is -2.27. The summed E-state index contributed by atoms with van der Waals surface area (Å²) in [7, 11) is 0. The second kappa shape index (κ2) is 6.10. The van der Waals surface area contributed by atoms with Gasteiger partial charge in [0.25, 0.3) is 0 Å². The molecule has 0 unspecified atom stereocenters. The summed E-state index contributed by atoms with van der Waals surface area (Å²) >= 11 is 1.31. The first-order valence-electron chi connectivity index (χ1n) is 6.79. The van der Waals surface area contributed by atoms with Gasteiger partial charge in [-0.3, -0.25) is 4.90 Å². The molecular weight excluding hydrogens is 284 g/mol. The van der Waals surface area contributed by atoms with Crippen LogP contribution in [0, 0.1) is 6.92 Å². The van der Waals surface area contributed by atoms with E-state index in [4.69, 9.17) is 4.18 Å². The van der Waals surface area contributed by atoms with Gasteiger partial charge in [-0.05, 0) is 43.3 Å². The van der Waals surface area contributed by atoms with Crippen molar-refractivity contribution in [1.29, 1.82) is 0 Å². The molecule has 1 saturated heterocycles. The Labute approximate surface area is 128 Å². The van der Waals surface area contributed by atoms with Gasteiger partial charge in [-0.2, -0.15) is 0 Å². The quantitative estimate of drug-likeness (QED) is 0.877. The van der Waals surface area contributed by atoms with Gasteiger partial charge in [0.1, 0.15) is 5.75 Å². The van der Waals surface area contributed by atoms with E-state index in [-0.39, 0.29) is 6.03 Å². The molecule has 2 aromatic rings. The van der Waals surface area contributed by atoms with Gasteiger partial charge in [-0.15, -0.1) is 0 Å². The maximum absolute atomic E-state index is 11.6. The Morgan fingerprint density at radius 1 is 1.10 bits per heavy atom. The second-order valence-electron chi connectivity index (χ2n) is 4.86. The molecule has 0 atom stereocenters. The van der Waals surface area contributed by atoms with Crippen LogP contribution in [0.4, 0.5) is 10.5 Å². The summed E-state index contributed by atoms with van der Waals surface area (Å²) in [6, 6.07) is 15.7. The van der Waals surface area contributed by atoms with Gasteiger partial charge >= 0.3 is 6.03 Å². The van der Waals surface area contributed by atoms with Crippen LogP contribution >= 0.6 is 12.0 Å². The maximum Gasteiger partial charge on any atom is 0.321 e. The molecule has 1 aliphatic rings. The van der Waals surface area contributed by atoms with E-state index in [1.165, 1.54) is 17.6 Å². The number of nitrogens with one attached hydrogen (secondary N) is 1. The largest absolute Gasteiger partial charge is 0.421 e. The molecule has 4 nitrogen and oxygen atoms in total. The lowest BCUT2D eigenvalue weighted by Gasteiger charge is -2.14. The summed E-state index contributed by atoms with van der Waals surface area (Å²) in [4.78, 5) is 14.3. The van der Waals surface area contributed by atoms with Crippen LogP contribution < -0.4 is 14.4 Å². The van der Waals surface area contributed by atoms with Crippen molar-refractivity contribution in [2.75, 3.05) is 18.0 Å². The van der Waals surface area contributed by atoms with Crippen LogP contribution in [0.1, 0.15) is 5.56 Å². The van der Waals surface area contributed by atoms with E-state index in [9.17, 15) is 4.79 Å². The van der Waals surface area contributed by atoms with E-state index in [0.717, 1.165) is 16.3 Å². The zero-order chi connectivity index (χ0) is 14.7. The van der Waals surface area contributed by atoms with Crippen LogP contribution in [0.15, 0.2) is 53.4 Å². The molecule has 0 aromatic heterocycles. The Morgan fingerprint density at radius 3 is 2.43 bits per heavy atom. The number of anilines is 1. The first kappa shape index (κ1) is 13.8. The van der Waals surface area contributed by atoms with Crippen molar-refractivity contribution < 1.29 is 8.98 Å². The summed E-state index contributed by atoms with van der Waals surface area (Å²) in [5.74, 6) is 0.827. The molecule has 5 heteroatoms. The number of nitrogens with zero attached hydrogens (tertiary/aromatic N) is 1. The fraction of sp³-hybridized carbons (Fsp3) is 0.188. The van der Waals surface area contributed by atoms with E-state index in [1.807, 2.05) is 55.5 Å². The average Bonchev–Trinajstić information content (AvgIpc) is 2.93. The molecular formula is C16H16N2O2S. The number of amides is 2. The number of carbonyl (C=O) groups excluding carboxylic acids is 1. The molecule has 1 aliphatic heterocycles. The molecule has 21 heavy (non-hydrogen) atoms. The Kier molecular flexibility index (Phi) is 4.01. The Balaban J connectivity index is 1.62. The van der Waals surface area contributed by atoms with Crippen molar-refractivity contribution in [1.82, 2.24) is 5.32 Å². The molecule has 108 valence electrons. The smallest absolute Gasteiger partial charge is 0.321 e. The standard InChI is InChI=1S/C16H16N2O2S/c1-12-2-6-14(7-3-12)20-21-15-8-4-13(5-9-15)18-11-10-17-16(18)19/h2-9H,10-11H2,1H3,(H,17,19). The van der Waals surface area contributed by atoms with E-state index in [0.29, 0.717) is 13.1 Å². The Hall–Kier alpha value is -2.14.